The molecule has 5 aromatic rings. The van der Waals surface area contributed by atoms with E-state index in [-0.39, 0.29) is 5.91 Å². The molecule has 2 aromatic heterocycles. The van der Waals surface area contributed by atoms with Crippen LogP contribution in [0.25, 0.3) is 15.5 Å². The second-order valence-electron chi connectivity index (χ2n) is 7.18. The zero-order chi connectivity index (χ0) is 21.9. The SMILES string of the molecule is Cc1nnc2sc(-c3cccc(NC(=O)c4ccc(COc5ccccc5)cc4)c3)nn12. The van der Waals surface area contributed by atoms with Gasteiger partial charge in [-0.05, 0) is 48.9 Å². The molecule has 0 aliphatic rings. The molecule has 3 aromatic carbocycles. The monoisotopic (exact) mass is 441 g/mol. The highest BCUT2D eigenvalue weighted by Crippen LogP contribution is 2.27. The van der Waals surface area contributed by atoms with E-state index in [2.05, 4.69) is 20.6 Å². The van der Waals surface area contributed by atoms with E-state index in [4.69, 9.17) is 4.74 Å². The van der Waals surface area contributed by atoms with Crippen molar-refractivity contribution < 1.29 is 9.53 Å². The summed E-state index contributed by atoms with van der Waals surface area (Å²) in [5, 5.41) is 16.4. The Balaban J connectivity index is 1.26. The molecule has 5 rings (SSSR count). The summed E-state index contributed by atoms with van der Waals surface area (Å²) in [7, 11) is 0. The van der Waals surface area contributed by atoms with Gasteiger partial charge in [0, 0.05) is 16.8 Å². The molecule has 0 radical (unpaired) electrons. The number of carbonyl (C=O) groups is 1. The summed E-state index contributed by atoms with van der Waals surface area (Å²) < 4.78 is 7.47. The number of aryl methyl sites for hydroxylation is 1. The summed E-state index contributed by atoms with van der Waals surface area (Å²) in [5.41, 5.74) is 3.18. The number of nitrogens with one attached hydrogen (secondary N) is 1. The highest BCUT2D eigenvalue weighted by molar-refractivity contribution is 7.19. The third kappa shape index (κ3) is 4.21. The standard InChI is InChI=1S/C24H19N5O2S/c1-16-26-27-24-29(16)28-23(32-24)19-6-5-7-20(14-19)25-22(30)18-12-10-17(11-13-18)15-31-21-8-3-2-4-9-21/h2-14H,15H2,1H3,(H,25,30). The fourth-order valence-electron chi connectivity index (χ4n) is 3.20. The van der Waals surface area contributed by atoms with Gasteiger partial charge in [-0.1, -0.05) is 53.8 Å². The van der Waals surface area contributed by atoms with E-state index in [1.54, 1.807) is 16.6 Å². The lowest BCUT2D eigenvalue weighted by Gasteiger charge is -2.08. The number of anilines is 1. The summed E-state index contributed by atoms with van der Waals surface area (Å²) in [4.78, 5) is 13.5. The van der Waals surface area contributed by atoms with Crippen LogP contribution in [0.3, 0.4) is 0 Å². The molecule has 8 heteroatoms. The first-order valence-electron chi connectivity index (χ1n) is 10.0. The minimum Gasteiger partial charge on any atom is -0.489 e. The Morgan fingerprint density at radius 1 is 1.00 bits per heavy atom. The maximum absolute atomic E-state index is 12.7. The van der Waals surface area contributed by atoms with Crippen molar-refractivity contribution in [3.63, 3.8) is 0 Å². The second kappa shape index (κ2) is 8.60. The molecule has 0 aliphatic heterocycles. The van der Waals surface area contributed by atoms with E-state index in [1.165, 1.54) is 11.3 Å². The van der Waals surface area contributed by atoms with Gasteiger partial charge in [0.1, 0.15) is 17.4 Å². The van der Waals surface area contributed by atoms with Crippen LogP contribution in [0, 0.1) is 6.92 Å². The second-order valence-corrected chi connectivity index (χ2v) is 8.14. The van der Waals surface area contributed by atoms with Crippen LogP contribution < -0.4 is 10.1 Å². The lowest BCUT2D eigenvalue weighted by Crippen LogP contribution is -2.12. The van der Waals surface area contributed by atoms with E-state index in [0.29, 0.717) is 17.9 Å². The molecule has 0 atom stereocenters. The van der Waals surface area contributed by atoms with Gasteiger partial charge in [0.2, 0.25) is 4.96 Å². The first-order valence-corrected chi connectivity index (χ1v) is 10.8. The molecule has 1 amide bonds. The summed E-state index contributed by atoms with van der Waals surface area (Å²) in [6.45, 7) is 2.31. The van der Waals surface area contributed by atoms with Gasteiger partial charge in [-0.3, -0.25) is 4.79 Å². The summed E-state index contributed by atoms with van der Waals surface area (Å²) in [6.07, 6.45) is 0. The van der Waals surface area contributed by atoms with Gasteiger partial charge >= 0.3 is 0 Å². The zero-order valence-electron chi connectivity index (χ0n) is 17.2. The van der Waals surface area contributed by atoms with Gasteiger partial charge in [0.25, 0.3) is 5.91 Å². The molecule has 7 nitrogen and oxygen atoms in total. The van der Waals surface area contributed by atoms with Crippen LogP contribution in [0.4, 0.5) is 5.69 Å². The van der Waals surface area contributed by atoms with E-state index in [9.17, 15) is 4.79 Å². The Bertz CT molecular complexity index is 1380. The van der Waals surface area contributed by atoms with Crippen LogP contribution in [0.5, 0.6) is 5.75 Å². The van der Waals surface area contributed by atoms with E-state index in [1.807, 2.05) is 73.7 Å². The number of aromatic nitrogens is 4. The van der Waals surface area contributed by atoms with Crippen molar-refractivity contribution >= 4 is 27.9 Å². The molecule has 0 aliphatic carbocycles. The molecule has 2 heterocycles. The number of amides is 1. The minimum absolute atomic E-state index is 0.174. The largest absolute Gasteiger partial charge is 0.489 e. The molecular formula is C24H19N5O2S. The third-order valence-electron chi connectivity index (χ3n) is 4.88. The van der Waals surface area contributed by atoms with Crippen LogP contribution in [0.2, 0.25) is 0 Å². The van der Waals surface area contributed by atoms with E-state index < -0.39 is 0 Å². The van der Waals surface area contributed by atoms with Crippen molar-refractivity contribution in [2.75, 3.05) is 5.32 Å². The number of hydrogen-bond acceptors (Lipinski definition) is 6. The first-order chi connectivity index (χ1) is 15.7. The van der Waals surface area contributed by atoms with Gasteiger partial charge in [-0.15, -0.1) is 10.2 Å². The number of ether oxygens (including phenoxy) is 1. The normalized spacial score (nSPS) is 10.9. The number of carbonyl (C=O) groups excluding carboxylic acids is 1. The number of nitrogens with zero attached hydrogens (tertiary/aromatic N) is 4. The summed E-state index contributed by atoms with van der Waals surface area (Å²) in [5.74, 6) is 1.38. The van der Waals surface area contributed by atoms with Crippen LogP contribution in [0.1, 0.15) is 21.7 Å². The Kier molecular flexibility index (Phi) is 5.35. The Hall–Kier alpha value is -4.04. The average molecular weight is 442 g/mol. The minimum atomic E-state index is -0.174. The Morgan fingerprint density at radius 2 is 1.81 bits per heavy atom. The van der Waals surface area contributed by atoms with Crippen molar-refractivity contribution in [2.24, 2.45) is 0 Å². The van der Waals surface area contributed by atoms with Gasteiger partial charge in [0.05, 0.1) is 0 Å². The van der Waals surface area contributed by atoms with Gasteiger partial charge in [-0.25, -0.2) is 0 Å². The fraction of sp³-hybridized carbons (Fsp3) is 0.0833. The smallest absolute Gasteiger partial charge is 0.255 e. The number of benzene rings is 3. The molecule has 0 unspecified atom stereocenters. The molecule has 32 heavy (non-hydrogen) atoms. The van der Waals surface area contributed by atoms with E-state index in [0.717, 1.165) is 32.7 Å². The lowest BCUT2D eigenvalue weighted by molar-refractivity contribution is 0.102. The predicted molar refractivity (Wildman–Crippen MR) is 124 cm³/mol. The molecule has 0 spiro atoms. The molecule has 1 N–H and O–H groups in total. The van der Waals surface area contributed by atoms with Crippen molar-refractivity contribution in [3.8, 4) is 16.3 Å². The number of para-hydroxylation sites is 1. The number of hydrogen-bond donors (Lipinski definition) is 1. The molecular weight excluding hydrogens is 422 g/mol. The molecule has 0 bridgehead atoms. The molecule has 0 fully saturated rings. The first kappa shape index (κ1) is 19.9. The average Bonchev–Trinajstić information content (AvgIpc) is 3.41. The Labute approximate surface area is 188 Å². The topological polar surface area (TPSA) is 81.4 Å². The van der Waals surface area contributed by atoms with Crippen LogP contribution in [0.15, 0.2) is 78.9 Å². The highest BCUT2D eigenvalue weighted by atomic mass is 32.1. The fourth-order valence-corrected chi connectivity index (χ4v) is 4.08. The predicted octanol–water partition coefficient (Wildman–Crippen LogP) is 4.99. The zero-order valence-corrected chi connectivity index (χ0v) is 18.0. The van der Waals surface area contributed by atoms with Crippen LogP contribution in [-0.4, -0.2) is 25.7 Å². The Morgan fingerprint density at radius 3 is 2.59 bits per heavy atom. The summed E-state index contributed by atoms with van der Waals surface area (Å²) >= 11 is 1.45. The maximum atomic E-state index is 12.7. The highest BCUT2D eigenvalue weighted by Gasteiger charge is 2.12. The molecule has 158 valence electrons. The van der Waals surface area contributed by atoms with Crippen LogP contribution >= 0.6 is 11.3 Å². The van der Waals surface area contributed by atoms with Crippen molar-refractivity contribution in [1.29, 1.82) is 0 Å². The van der Waals surface area contributed by atoms with Gasteiger partial charge in [-0.2, -0.15) is 9.61 Å². The van der Waals surface area contributed by atoms with Gasteiger partial charge in [0.15, 0.2) is 5.82 Å². The van der Waals surface area contributed by atoms with Crippen molar-refractivity contribution in [1.82, 2.24) is 19.8 Å². The van der Waals surface area contributed by atoms with Crippen LogP contribution in [-0.2, 0) is 6.61 Å². The number of rotatable bonds is 6. The van der Waals surface area contributed by atoms with E-state index >= 15 is 0 Å². The quantitative estimate of drug-likeness (QED) is 0.401. The maximum Gasteiger partial charge on any atom is 0.255 e. The van der Waals surface area contributed by atoms with Gasteiger partial charge < -0.3 is 10.1 Å². The molecule has 0 saturated heterocycles. The van der Waals surface area contributed by atoms with Crippen molar-refractivity contribution in [2.45, 2.75) is 13.5 Å². The van der Waals surface area contributed by atoms with Crippen molar-refractivity contribution in [3.05, 3.63) is 95.8 Å². The molecule has 0 saturated carbocycles. The summed E-state index contributed by atoms with van der Waals surface area (Å²) in [6, 6.07) is 24.6. The number of fused-ring (bicyclic) bond motifs is 1. The third-order valence-corrected chi connectivity index (χ3v) is 5.83. The lowest BCUT2D eigenvalue weighted by atomic mass is 10.1.